The number of hydrogen-bond acceptors (Lipinski definition) is 4. The molecular weight excluding hydrogens is 300 g/mol. The monoisotopic (exact) mass is 312 g/mol. The summed E-state index contributed by atoms with van der Waals surface area (Å²) < 4.78 is 1.72. The lowest BCUT2D eigenvalue weighted by atomic mass is 10.1. The molecule has 1 aliphatic carbocycles. The standard InChI is InChI=1S/C16H13ClN4O/c17-10-3-1-9(2-4-10)13-16(22)21(11-5-6-11)15-14(20-13)12(18)7-8-19-15/h1-4,7-8,11H,5-6H2,(H2,18,19). The molecule has 1 aromatic carbocycles. The summed E-state index contributed by atoms with van der Waals surface area (Å²) in [6.07, 6.45) is 3.57. The first-order valence-electron chi connectivity index (χ1n) is 7.08. The number of nitrogens with two attached hydrogens (primary N) is 1. The van der Waals surface area contributed by atoms with Gasteiger partial charge in [-0.1, -0.05) is 23.7 Å². The number of benzene rings is 1. The van der Waals surface area contributed by atoms with E-state index in [2.05, 4.69) is 9.97 Å². The molecule has 1 saturated carbocycles. The minimum atomic E-state index is -0.129. The number of fused-ring (bicyclic) bond motifs is 1. The second-order valence-electron chi connectivity index (χ2n) is 5.45. The first kappa shape index (κ1) is 13.3. The largest absolute Gasteiger partial charge is 0.397 e. The Bertz CT molecular complexity index is 929. The van der Waals surface area contributed by atoms with E-state index < -0.39 is 0 Å². The molecule has 0 atom stereocenters. The number of halogens is 1. The van der Waals surface area contributed by atoms with Gasteiger partial charge in [0, 0.05) is 22.8 Å². The Morgan fingerprint density at radius 1 is 1.18 bits per heavy atom. The zero-order valence-corrected chi connectivity index (χ0v) is 12.4. The Morgan fingerprint density at radius 3 is 2.59 bits per heavy atom. The number of aromatic nitrogens is 3. The molecule has 1 fully saturated rings. The molecule has 0 saturated heterocycles. The molecule has 0 unspecified atom stereocenters. The van der Waals surface area contributed by atoms with Crippen molar-refractivity contribution in [2.24, 2.45) is 0 Å². The predicted molar refractivity (Wildman–Crippen MR) is 86.9 cm³/mol. The second-order valence-corrected chi connectivity index (χ2v) is 5.88. The van der Waals surface area contributed by atoms with Gasteiger partial charge < -0.3 is 5.73 Å². The van der Waals surface area contributed by atoms with Crippen LogP contribution in [0.5, 0.6) is 0 Å². The van der Waals surface area contributed by atoms with Gasteiger partial charge in [0.25, 0.3) is 5.56 Å². The van der Waals surface area contributed by atoms with Crippen LogP contribution in [0.1, 0.15) is 18.9 Å². The lowest BCUT2D eigenvalue weighted by Gasteiger charge is -2.11. The highest BCUT2D eigenvalue weighted by Gasteiger charge is 2.29. The van der Waals surface area contributed by atoms with Crippen molar-refractivity contribution >= 4 is 28.5 Å². The molecule has 4 rings (SSSR count). The minimum absolute atomic E-state index is 0.129. The van der Waals surface area contributed by atoms with E-state index in [0.29, 0.717) is 27.6 Å². The fourth-order valence-corrected chi connectivity index (χ4v) is 2.71. The summed E-state index contributed by atoms with van der Waals surface area (Å²) in [7, 11) is 0. The third-order valence-corrected chi connectivity index (χ3v) is 4.09. The molecular formula is C16H13ClN4O. The molecule has 2 N–H and O–H groups in total. The molecule has 0 bridgehead atoms. The Balaban J connectivity index is 2.07. The minimum Gasteiger partial charge on any atom is -0.397 e. The van der Waals surface area contributed by atoms with Gasteiger partial charge >= 0.3 is 0 Å². The average Bonchev–Trinajstić information content (AvgIpc) is 3.33. The number of nitrogen functional groups attached to an aromatic ring is 1. The maximum absolute atomic E-state index is 12.8. The predicted octanol–water partition coefficient (Wildman–Crippen LogP) is 3.03. The smallest absolute Gasteiger partial charge is 0.278 e. The first-order chi connectivity index (χ1) is 10.6. The van der Waals surface area contributed by atoms with Gasteiger partial charge in [-0.15, -0.1) is 0 Å². The van der Waals surface area contributed by atoms with Crippen LogP contribution in [0.25, 0.3) is 22.4 Å². The fourth-order valence-electron chi connectivity index (χ4n) is 2.59. The summed E-state index contributed by atoms with van der Waals surface area (Å²) in [5, 5.41) is 0.619. The van der Waals surface area contributed by atoms with Crippen LogP contribution in [-0.4, -0.2) is 14.5 Å². The molecule has 6 heteroatoms. The van der Waals surface area contributed by atoms with Gasteiger partial charge in [0.05, 0.1) is 5.69 Å². The number of hydrogen-bond donors (Lipinski definition) is 1. The van der Waals surface area contributed by atoms with E-state index in [1.54, 1.807) is 41.1 Å². The van der Waals surface area contributed by atoms with Crippen molar-refractivity contribution in [2.75, 3.05) is 5.73 Å². The first-order valence-corrected chi connectivity index (χ1v) is 7.45. The van der Waals surface area contributed by atoms with Gasteiger partial charge in [-0.3, -0.25) is 9.36 Å². The number of rotatable bonds is 2. The topological polar surface area (TPSA) is 73.8 Å². The summed E-state index contributed by atoms with van der Waals surface area (Å²) in [6, 6.07) is 8.97. The maximum Gasteiger partial charge on any atom is 0.278 e. The normalized spacial score (nSPS) is 14.4. The maximum atomic E-state index is 12.8. The Morgan fingerprint density at radius 2 is 1.91 bits per heavy atom. The summed E-state index contributed by atoms with van der Waals surface area (Å²) in [5.41, 5.74) is 8.67. The molecule has 110 valence electrons. The summed E-state index contributed by atoms with van der Waals surface area (Å²) in [6.45, 7) is 0. The van der Waals surface area contributed by atoms with Crippen LogP contribution >= 0.6 is 11.6 Å². The van der Waals surface area contributed by atoms with Gasteiger partial charge in [-0.05, 0) is 31.0 Å². The highest BCUT2D eigenvalue weighted by molar-refractivity contribution is 6.30. The van der Waals surface area contributed by atoms with Crippen molar-refractivity contribution in [3.8, 4) is 11.3 Å². The molecule has 0 radical (unpaired) electrons. The van der Waals surface area contributed by atoms with Crippen molar-refractivity contribution in [1.29, 1.82) is 0 Å². The van der Waals surface area contributed by atoms with Crippen LogP contribution in [0.4, 0.5) is 5.69 Å². The quantitative estimate of drug-likeness (QED) is 0.789. The lowest BCUT2D eigenvalue weighted by molar-refractivity contribution is 0.726. The van der Waals surface area contributed by atoms with Crippen LogP contribution in [0, 0.1) is 0 Å². The molecule has 0 amide bonds. The number of nitrogens with zero attached hydrogens (tertiary/aromatic N) is 3. The van der Waals surface area contributed by atoms with E-state index in [1.165, 1.54) is 0 Å². The van der Waals surface area contributed by atoms with E-state index >= 15 is 0 Å². The highest BCUT2D eigenvalue weighted by Crippen LogP contribution is 2.36. The third-order valence-electron chi connectivity index (χ3n) is 3.84. The molecule has 0 aliphatic heterocycles. The molecule has 22 heavy (non-hydrogen) atoms. The molecule has 3 aromatic rings. The van der Waals surface area contributed by atoms with Gasteiger partial charge in [-0.25, -0.2) is 9.97 Å². The SMILES string of the molecule is Nc1ccnc2c1nc(-c1ccc(Cl)cc1)c(=O)n2C1CC1. The zero-order valence-electron chi connectivity index (χ0n) is 11.7. The third kappa shape index (κ3) is 2.05. The molecule has 0 spiro atoms. The van der Waals surface area contributed by atoms with E-state index in [4.69, 9.17) is 17.3 Å². The zero-order chi connectivity index (χ0) is 15.3. The van der Waals surface area contributed by atoms with Crippen LogP contribution in [-0.2, 0) is 0 Å². The average molecular weight is 313 g/mol. The lowest BCUT2D eigenvalue weighted by Crippen LogP contribution is -2.24. The van der Waals surface area contributed by atoms with Crippen LogP contribution in [0.3, 0.4) is 0 Å². The van der Waals surface area contributed by atoms with Crippen LogP contribution in [0.15, 0.2) is 41.3 Å². The van der Waals surface area contributed by atoms with Crippen LogP contribution < -0.4 is 11.3 Å². The van der Waals surface area contributed by atoms with E-state index in [9.17, 15) is 4.79 Å². The molecule has 2 aromatic heterocycles. The number of pyridine rings is 1. The van der Waals surface area contributed by atoms with Crippen molar-refractivity contribution in [2.45, 2.75) is 18.9 Å². The number of anilines is 1. The van der Waals surface area contributed by atoms with Gasteiger partial charge in [0.1, 0.15) is 11.2 Å². The van der Waals surface area contributed by atoms with Crippen molar-refractivity contribution in [3.63, 3.8) is 0 Å². The Labute approximate surface area is 131 Å². The van der Waals surface area contributed by atoms with Crippen LogP contribution in [0.2, 0.25) is 5.02 Å². The Kier molecular flexibility index (Phi) is 2.90. The van der Waals surface area contributed by atoms with Gasteiger partial charge in [0.2, 0.25) is 0 Å². The van der Waals surface area contributed by atoms with E-state index in [0.717, 1.165) is 18.4 Å². The molecule has 2 heterocycles. The van der Waals surface area contributed by atoms with E-state index in [-0.39, 0.29) is 11.6 Å². The van der Waals surface area contributed by atoms with Gasteiger partial charge in [-0.2, -0.15) is 0 Å². The fraction of sp³-hybridized carbons (Fsp3) is 0.188. The van der Waals surface area contributed by atoms with Crippen molar-refractivity contribution < 1.29 is 0 Å². The van der Waals surface area contributed by atoms with E-state index in [1.807, 2.05) is 0 Å². The highest BCUT2D eigenvalue weighted by atomic mass is 35.5. The summed E-state index contributed by atoms with van der Waals surface area (Å²) in [4.78, 5) is 21.6. The van der Waals surface area contributed by atoms with Crippen molar-refractivity contribution in [1.82, 2.24) is 14.5 Å². The molecule has 1 aliphatic rings. The van der Waals surface area contributed by atoms with Crippen molar-refractivity contribution in [3.05, 3.63) is 51.9 Å². The molecule has 5 nitrogen and oxygen atoms in total. The summed E-state index contributed by atoms with van der Waals surface area (Å²) in [5.74, 6) is 0. The Hall–Kier alpha value is -2.40. The second kappa shape index (κ2) is 4.81. The summed E-state index contributed by atoms with van der Waals surface area (Å²) >= 11 is 5.92. The van der Waals surface area contributed by atoms with Gasteiger partial charge in [0.15, 0.2) is 5.65 Å².